The number of hydrogen-bond acceptors (Lipinski definition) is 6. The average molecular weight is 402 g/mol. The number of nitrogens with zero attached hydrogens (tertiary/aromatic N) is 3. The van der Waals surface area contributed by atoms with Gasteiger partial charge in [-0.25, -0.2) is 9.78 Å². The molecule has 4 amide bonds. The summed E-state index contributed by atoms with van der Waals surface area (Å²) in [5.74, 6) is -0.158. The van der Waals surface area contributed by atoms with Crippen molar-refractivity contribution >= 4 is 34.9 Å². The first-order chi connectivity index (χ1) is 13.5. The molecule has 10 heteroatoms. The molecule has 9 nitrogen and oxygen atoms in total. The predicted octanol–water partition coefficient (Wildman–Crippen LogP) is 2.36. The SMILES string of the molecule is CCC1CCC2(CC1)NC(=O)N(CC(=O)Nc1cn[nH]c1-c1nccs1)C2=O. The first kappa shape index (κ1) is 18.6. The van der Waals surface area contributed by atoms with Gasteiger partial charge in [-0.2, -0.15) is 5.10 Å². The highest BCUT2D eigenvalue weighted by molar-refractivity contribution is 7.13. The number of aromatic nitrogens is 3. The Kier molecular flexibility index (Phi) is 4.88. The standard InChI is InChI=1S/C18H22N6O3S/c1-2-11-3-5-18(6-4-11)16(26)24(17(27)22-18)10-13(25)21-12-9-20-23-14(12)15-19-7-8-28-15/h7-9,11H,2-6,10H2,1H3,(H,20,23)(H,21,25)(H,22,27). The fourth-order valence-electron chi connectivity index (χ4n) is 3.96. The van der Waals surface area contributed by atoms with E-state index in [0.29, 0.717) is 35.1 Å². The Morgan fingerprint density at radius 3 is 2.86 bits per heavy atom. The number of aromatic amines is 1. The molecule has 1 saturated carbocycles. The van der Waals surface area contributed by atoms with E-state index in [2.05, 4.69) is 32.7 Å². The number of anilines is 1. The lowest BCUT2D eigenvalue weighted by Gasteiger charge is -2.34. The maximum Gasteiger partial charge on any atom is 0.325 e. The topological polar surface area (TPSA) is 120 Å². The van der Waals surface area contributed by atoms with Crippen LogP contribution in [0.5, 0.6) is 0 Å². The third-order valence-corrected chi connectivity index (χ3v) is 6.43. The number of carbonyl (C=O) groups is 3. The van der Waals surface area contributed by atoms with Crippen molar-refractivity contribution in [3.05, 3.63) is 17.8 Å². The number of imide groups is 1. The molecule has 1 aliphatic carbocycles. The van der Waals surface area contributed by atoms with E-state index in [1.807, 2.05) is 5.38 Å². The Morgan fingerprint density at radius 2 is 2.18 bits per heavy atom. The molecule has 4 rings (SSSR count). The van der Waals surface area contributed by atoms with Crippen LogP contribution in [0.25, 0.3) is 10.7 Å². The second-order valence-electron chi connectivity index (χ2n) is 7.30. The molecule has 148 valence electrons. The molecule has 3 heterocycles. The van der Waals surface area contributed by atoms with Crippen molar-refractivity contribution in [3.8, 4) is 10.7 Å². The van der Waals surface area contributed by atoms with Gasteiger partial charge in [-0.3, -0.25) is 19.6 Å². The van der Waals surface area contributed by atoms with Gasteiger partial charge in [0.15, 0.2) is 0 Å². The van der Waals surface area contributed by atoms with Crippen molar-refractivity contribution in [3.63, 3.8) is 0 Å². The Balaban J connectivity index is 1.42. The van der Waals surface area contributed by atoms with Gasteiger partial charge in [0.1, 0.15) is 22.8 Å². The number of thiazole rings is 1. The normalized spacial score (nSPS) is 24.6. The second kappa shape index (κ2) is 7.34. The zero-order valence-corrected chi connectivity index (χ0v) is 16.3. The van der Waals surface area contributed by atoms with Crippen molar-refractivity contribution in [2.24, 2.45) is 5.92 Å². The Labute approximate surface area is 165 Å². The van der Waals surface area contributed by atoms with Gasteiger partial charge in [0, 0.05) is 11.6 Å². The molecular formula is C18H22N6O3S. The number of rotatable bonds is 5. The van der Waals surface area contributed by atoms with Gasteiger partial charge in [0.05, 0.1) is 11.9 Å². The van der Waals surface area contributed by atoms with E-state index in [4.69, 9.17) is 0 Å². The van der Waals surface area contributed by atoms with E-state index in [1.165, 1.54) is 17.5 Å². The lowest BCUT2D eigenvalue weighted by Crippen LogP contribution is -2.49. The number of carbonyl (C=O) groups excluding carboxylic acids is 3. The minimum Gasteiger partial charge on any atom is -0.323 e. The van der Waals surface area contributed by atoms with Crippen molar-refractivity contribution in [1.29, 1.82) is 0 Å². The maximum atomic E-state index is 12.9. The average Bonchev–Trinajstić information content (AvgIpc) is 3.41. The Morgan fingerprint density at radius 1 is 1.39 bits per heavy atom. The van der Waals surface area contributed by atoms with Crippen LogP contribution in [-0.4, -0.2) is 50.0 Å². The highest BCUT2D eigenvalue weighted by Gasteiger charge is 2.52. The molecule has 1 spiro atoms. The van der Waals surface area contributed by atoms with Gasteiger partial charge in [0.25, 0.3) is 5.91 Å². The molecule has 0 aromatic carbocycles. The number of hydrogen-bond donors (Lipinski definition) is 3. The molecule has 2 aromatic heterocycles. The summed E-state index contributed by atoms with van der Waals surface area (Å²) in [7, 11) is 0. The quantitative estimate of drug-likeness (QED) is 0.663. The summed E-state index contributed by atoms with van der Waals surface area (Å²) in [5, 5.41) is 14.8. The molecular weight excluding hydrogens is 380 g/mol. The van der Waals surface area contributed by atoms with Gasteiger partial charge < -0.3 is 10.6 Å². The molecule has 28 heavy (non-hydrogen) atoms. The van der Waals surface area contributed by atoms with E-state index in [1.54, 1.807) is 6.20 Å². The van der Waals surface area contributed by atoms with Gasteiger partial charge >= 0.3 is 6.03 Å². The van der Waals surface area contributed by atoms with Gasteiger partial charge in [-0.1, -0.05) is 13.3 Å². The smallest absolute Gasteiger partial charge is 0.323 e. The Hall–Kier alpha value is -2.75. The molecule has 0 unspecified atom stereocenters. The lowest BCUT2D eigenvalue weighted by molar-refractivity contribution is -0.135. The molecule has 2 fully saturated rings. The monoisotopic (exact) mass is 402 g/mol. The lowest BCUT2D eigenvalue weighted by atomic mass is 9.75. The van der Waals surface area contributed by atoms with Crippen molar-refractivity contribution in [1.82, 2.24) is 25.4 Å². The number of amides is 4. The van der Waals surface area contributed by atoms with Gasteiger partial charge in [-0.15, -0.1) is 11.3 Å². The van der Waals surface area contributed by atoms with Crippen LogP contribution in [-0.2, 0) is 9.59 Å². The molecule has 2 aromatic rings. The summed E-state index contributed by atoms with van der Waals surface area (Å²) >= 11 is 1.41. The predicted molar refractivity (Wildman–Crippen MR) is 104 cm³/mol. The van der Waals surface area contributed by atoms with Crippen molar-refractivity contribution in [2.45, 2.75) is 44.6 Å². The van der Waals surface area contributed by atoms with Gasteiger partial charge in [0.2, 0.25) is 5.91 Å². The summed E-state index contributed by atoms with van der Waals surface area (Å²) in [4.78, 5) is 43.0. The van der Waals surface area contributed by atoms with Crippen LogP contribution < -0.4 is 10.6 Å². The molecule has 0 radical (unpaired) electrons. The highest BCUT2D eigenvalue weighted by atomic mass is 32.1. The number of H-pyrrole nitrogens is 1. The van der Waals surface area contributed by atoms with Crippen molar-refractivity contribution < 1.29 is 14.4 Å². The van der Waals surface area contributed by atoms with Crippen LogP contribution in [0.2, 0.25) is 0 Å². The zero-order valence-electron chi connectivity index (χ0n) is 15.5. The molecule has 0 bridgehead atoms. The van der Waals surface area contributed by atoms with E-state index in [-0.39, 0.29) is 12.5 Å². The first-order valence-electron chi connectivity index (χ1n) is 9.39. The van der Waals surface area contributed by atoms with E-state index >= 15 is 0 Å². The van der Waals surface area contributed by atoms with Crippen LogP contribution in [0.4, 0.5) is 10.5 Å². The highest BCUT2D eigenvalue weighted by Crippen LogP contribution is 2.37. The summed E-state index contributed by atoms with van der Waals surface area (Å²) in [6.07, 6.45) is 7.30. The molecule has 0 atom stereocenters. The van der Waals surface area contributed by atoms with Crippen LogP contribution in [0.3, 0.4) is 0 Å². The van der Waals surface area contributed by atoms with E-state index < -0.39 is 17.5 Å². The van der Waals surface area contributed by atoms with E-state index in [9.17, 15) is 14.4 Å². The second-order valence-corrected chi connectivity index (χ2v) is 8.19. The summed E-state index contributed by atoms with van der Waals surface area (Å²) in [6, 6.07) is -0.498. The fourth-order valence-corrected chi connectivity index (χ4v) is 4.61. The summed E-state index contributed by atoms with van der Waals surface area (Å²) in [6.45, 7) is 1.82. The zero-order chi connectivity index (χ0) is 19.7. The maximum absolute atomic E-state index is 12.9. The third kappa shape index (κ3) is 3.28. The van der Waals surface area contributed by atoms with Crippen LogP contribution >= 0.6 is 11.3 Å². The fraction of sp³-hybridized carbons (Fsp3) is 0.500. The molecule has 3 N–H and O–H groups in total. The molecule has 1 saturated heterocycles. The van der Waals surface area contributed by atoms with Crippen LogP contribution in [0.15, 0.2) is 17.8 Å². The summed E-state index contributed by atoms with van der Waals surface area (Å²) in [5.41, 5.74) is 0.213. The Bertz CT molecular complexity index is 885. The first-order valence-corrected chi connectivity index (χ1v) is 10.3. The number of urea groups is 1. The minimum absolute atomic E-state index is 0.297. The molecule has 1 aliphatic heterocycles. The van der Waals surface area contributed by atoms with Crippen molar-refractivity contribution in [2.75, 3.05) is 11.9 Å². The van der Waals surface area contributed by atoms with Crippen LogP contribution in [0.1, 0.15) is 39.0 Å². The van der Waals surface area contributed by atoms with E-state index in [0.717, 1.165) is 24.2 Å². The summed E-state index contributed by atoms with van der Waals surface area (Å²) < 4.78 is 0. The molecule has 2 aliphatic rings. The third-order valence-electron chi connectivity index (χ3n) is 5.64. The number of nitrogens with one attached hydrogen (secondary N) is 3. The largest absolute Gasteiger partial charge is 0.325 e. The van der Waals surface area contributed by atoms with Gasteiger partial charge in [-0.05, 0) is 31.6 Å². The minimum atomic E-state index is -0.843. The van der Waals surface area contributed by atoms with Crippen LogP contribution in [0, 0.1) is 5.92 Å².